The molecule has 0 spiro atoms. The maximum absolute atomic E-state index is 10.6. The maximum atomic E-state index is 10.6. The highest BCUT2D eigenvalue weighted by Gasteiger charge is 2.11. The highest BCUT2D eigenvalue weighted by molar-refractivity contribution is 6.32. The number of carbonyl (C=O) groups is 1. The fourth-order valence-corrected chi connectivity index (χ4v) is 4.25. The van der Waals surface area contributed by atoms with E-state index in [4.69, 9.17) is 5.11 Å². The van der Waals surface area contributed by atoms with E-state index < -0.39 is 0 Å². The number of fused-ring (bicyclic) bond motifs is 2. The molecule has 6 aromatic carbocycles. The molecular weight excluding hydrogens is 452 g/mol. The van der Waals surface area contributed by atoms with Crippen molar-refractivity contribution >= 4 is 48.9 Å². The summed E-state index contributed by atoms with van der Waals surface area (Å²) in [5, 5.41) is 17.9. The van der Waals surface area contributed by atoms with Gasteiger partial charge in [-0.2, -0.15) is 0 Å². The number of rotatable bonds is 1. The van der Waals surface area contributed by atoms with E-state index in [2.05, 4.69) is 86.0 Å². The van der Waals surface area contributed by atoms with Gasteiger partial charge in [-0.3, -0.25) is 4.79 Å². The van der Waals surface area contributed by atoms with Crippen LogP contribution in [-0.4, -0.2) is 18.0 Å². The second-order valence-electron chi connectivity index (χ2n) is 8.16. The zero-order chi connectivity index (χ0) is 27.2. The molecule has 6 aromatic rings. The fourth-order valence-electron chi connectivity index (χ4n) is 4.25. The van der Waals surface area contributed by atoms with Gasteiger partial charge in [-0.05, 0) is 63.9 Å². The Morgan fingerprint density at radius 1 is 0.568 bits per heavy atom. The van der Waals surface area contributed by atoms with E-state index in [1.807, 2.05) is 44.2 Å². The minimum atomic E-state index is 0.121. The molecule has 6 rings (SSSR count). The lowest BCUT2D eigenvalue weighted by molar-refractivity contribution is 0.101. The number of benzene rings is 6. The maximum Gasteiger partial charge on any atom is 0.159 e. The van der Waals surface area contributed by atoms with Gasteiger partial charge in [0, 0.05) is 12.7 Å². The molecular formula is C35H36O2. The van der Waals surface area contributed by atoms with Crippen molar-refractivity contribution in [3.05, 3.63) is 134 Å². The van der Waals surface area contributed by atoms with Crippen LogP contribution in [0.15, 0.2) is 128 Å². The minimum absolute atomic E-state index is 0.121. The molecule has 1 N–H and O–H groups in total. The van der Waals surface area contributed by atoms with Crippen LogP contribution in [0.4, 0.5) is 0 Å². The van der Waals surface area contributed by atoms with Crippen molar-refractivity contribution in [2.24, 2.45) is 0 Å². The van der Waals surface area contributed by atoms with Crippen molar-refractivity contribution < 1.29 is 9.90 Å². The van der Waals surface area contributed by atoms with Gasteiger partial charge in [0.05, 0.1) is 0 Å². The minimum Gasteiger partial charge on any atom is -0.400 e. The zero-order valence-electron chi connectivity index (χ0n) is 22.2. The van der Waals surface area contributed by atoms with Gasteiger partial charge in [0.1, 0.15) is 0 Å². The largest absolute Gasteiger partial charge is 0.400 e. The van der Waals surface area contributed by atoms with E-state index in [0.29, 0.717) is 0 Å². The smallest absolute Gasteiger partial charge is 0.159 e. The van der Waals surface area contributed by atoms with Gasteiger partial charge in [-0.1, -0.05) is 115 Å². The lowest BCUT2D eigenvalue weighted by atomic mass is 9.90. The van der Waals surface area contributed by atoms with E-state index in [1.54, 1.807) is 19.1 Å². The molecule has 0 saturated heterocycles. The predicted octanol–water partition coefficient (Wildman–Crippen LogP) is 9.62. The Balaban J connectivity index is 0.000000238. The SMILES string of the molecule is C=CC.C=CC.CC(=O)c1ccccc1.CO.c1cc2cccc3c4cccc5cccc(c(c1)c23)c54. The summed E-state index contributed by atoms with van der Waals surface area (Å²) in [6, 6.07) is 35.7. The third kappa shape index (κ3) is 6.91. The second-order valence-corrected chi connectivity index (χ2v) is 8.16. The van der Waals surface area contributed by atoms with Crippen LogP contribution in [0, 0.1) is 0 Å². The number of hydrogen-bond donors (Lipinski definition) is 1. The molecule has 0 aromatic heterocycles. The standard InChI is InChI=1S/C20H12.C8H8O.2C3H6.CH4O/c1-5-13-6-2-11-17-18-12-4-8-14-7-3-10-16(20(14)18)15(9-1)19(13)17;1-7(9)8-5-3-2-4-6-8;2*1-3-2;1-2/h1-12H;2-6H,1H3;2*3H,1H2,2H3;2H,1H3. The molecule has 0 bridgehead atoms. The van der Waals surface area contributed by atoms with Crippen LogP contribution in [-0.2, 0) is 0 Å². The van der Waals surface area contributed by atoms with E-state index in [-0.39, 0.29) is 5.78 Å². The summed E-state index contributed by atoms with van der Waals surface area (Å²) in [7, 11) is 1.00. The summed E-state index contributed by atoms with van der Waals surface area (Å²) in [4.78, 5) is 10.6. The van der Waals surface area contributed by atoms with E-state index in [1.165, 1.54) is 43.1 Å². The Labute approximate surface area is 220 Å². The third-order valence-corrected chi connectivity index (χ3v) is 5.57. The molecule has 0 radical (unpaired) electrons. The fraction of sp³-hybridized carbons (Fsp3) is 0.114. The first-order valence-electron chi connectivity index (χ1n) is 12.3. The molecule has 0 saturated carbocycles. The first-order valence-corrected chi connectivity index (χ1v) is 12.3. The molecule has 37 heavy (non-hydrogen) atoms. The number of ketones is 1. The molecule has 0 unspecified atom stereocenters. The number of carbonyl (C=O) groups excluding carboxylic acids is 1. The lowest BCUT2D eigenvalue weighted by Gasteiger charge is -2.13. The lowest BCUT2D eigenvalue weighted by Crippen LogP contribution is -1.88. The third-order valence-electron chi connectivity index (χ3n) is 5.57. The first kappa shape index (κ1) is 29.0. The van der Waals surface area contributed by atoms with Crippen LogP contribution in [0.3, 0.4) is 0 Å². The molecule has 0 heterocycles. The summed E-state index contributed by atoms with van der Waals surface area (Å²) < 4.78 is 0. The van der Waals surface area contributed by atoms with E-state index >= 15 is 0 Å². The normalized spacial score (nSPS) is 9.54. The van der Waals surface area contributed by atoms with Crippen LogP contribution >= 0.6 is 0 Å². The highest BCUT2D eigenvalue weighted by atomic mass is 16.2. The van der Waals surface area contributed by atoms with Gasteiger partial charge in [-0.25, -0.2) is 0 Å². The Morgan fingerprint density at radius 3 is 1.11 bits per heavy atom. The quantitative estimate of drug-likeness (QED) is 0.108. The first-order chi connectivity index (χ1) is 18.1. The van der Waals surface area contributed by atoms with Crippen LogP contribution in [0.2, 0.25) is 0 Å². The van der Waals surface area contributed by atoms with Crippen LogP contribution in [0.5, 0.6) is 0 Å². The summed E-state index contributed by atoms with van der Waals surface area (Å²) in [5.41, 5.74) is 0.775. The van der Waals surface area contributed by atoms with Gasteiger partial charge in [-0.15, -0.1) is 13.2 Å². The average molecular weight is 489 g/mol. The Hall–Kier alpha value is -4.27. The molecule has 2 heteroatoms. The van der Waals surface area contributed by atoms with Gasteiger partial charge in [0.2, 0.25) is 0 Å². The average Bonchev–Trinajstić information content (AvgIpc) is 2.94. The van der Waals surface area contributed by atoms with Gasteiger partial charge >= 0.3 is 0 Å². The van der Waals surface area contributed by atoms with Crippen molar-refractivity contribution in [1.29, 1.82) is 0 Å². The number of aliphatic hydroxyl groups is 1. The van der Waals surface area contributed by atoms with Crippen molar-refractivity contribution in [2.75, 3.05) is 7.11 Å². The van der Waals surface area contributed by atoms with Crippen LogP contribution in [0.25, 0.3) is 43.1 Å². The van der Waals surface area contributed by atoms with Gasteiger partial charge in [0.15, 0.2) is 5.78 Å². The van der Waals surface area contributed by atoms with Crippen molar-refractivity contribution in [3.63, 3.8) is 0 Å². The van der Waals surface area contributed by atoms with Crippen molar-refractivity contribution in [1.82, 2.24) is 0 Å². The highest BCUT2D eigenvalue weighted by Crippen LogP contribution is 2.39. The summed E-state index contributed by atoms with van der Waals surface area (Å²) >= 11 is 0. The monoisotopic (exact) mass is 488 g/mol. The molecule has 0 aliphatic heterocycles. The van der Waals surface area contributed by atoms with Crippen LogP contribution < -0.4 is 0 Å². The van der Waals surface area contributed by atoms with Crippen LogP contribution in [0.1, 0.15) is 31.1 Å². The van der Waals surface area contributed by atoms with E-state index in [9.17, 15) is 4.79 Å². The number of hydrogen-bond acceptors (Lipinski definition) is 2. The Bertz CT molecular complexity index is 1390. The second kappa shape index (κ2) is 15.0. The van der Waals surface area contributed by atoms with Gasteiger partial charge < -0.3 is 5.11 Å². The number of aliphatic hydroxyl groups excluding tert-OH is 1. The molecule has 0 amide bonds. The molecule has 188 valence electrons. The van der Waals surface area contributed by atoms with E-state index in [0.717, 1.165) is 12.7 Å². The predicted molar refractivity (Wildman–Crippen MR) is 164 cm³/mol. The van der Waals surface area contributed by atoms with Crippen molar-refractivity contribution in [3.8, 4) is 0 Å². The van der Waals surface area contributed by atoms with Crippen molar-refractivity contribution in [2.45, 2.75) is 20.8 Å². The molecule has 0 fully saturated rings. The Kier molecular flexibility index (Phi) is 11.7. The molecule has 0 aliphatic rings. The molecule has 0 atom stereocenters. The topological polar surface area (TPSA) is 37.3 Å². The summed E-state index contributed by atoms with van der Waals surface area (Å²) in [5.74, 6) is 0.121. The molecule has 2 nitrogen and oxygen atoms in total. The number of allylic oxidation sites excluding steroid dienone is 2. The van der Waals surface area contributed by atoms with Gasteiger partial charge in [0.25, 0.3) is 0 Å². The molecule has 0 aliphatic carbocycles. The Morgan fingerprint density at radius 2 is 0.865 bits per heavy atom. The summed E-state index contributed by atoms with van der Waals surface area (Å²) in [6.07, 6.45) is 3.50. The zero-order valence-corrected chi connectivity index (χ0v) is 22.2. The number of Topliss-reactive ketones (excluding diaryl/α,β-unsaturated/α-hetero) is 1. The summed E-state index contributed by atoms with van der Waals surface area (Å²) in [6.45, 7) is 12.1.